The summed E-state index contributed by atoms with van der Waals surface area (Å²) in [4.78, 5) is 9.98. The number of rotatable bonds is 9. The van der Waals surface area contributed by atoms with Crippen molar-refractivity contribution >= 4 is 18.6 Å². The number of carboxylic acids is 1. The second-order valence-electron chi connectivity index (χ2n) is 5.52. The normalized spacial score (nSPS) is 15.6. The molecule has 1 unspecified atom stereocenters. The van der Waals surface area contributed by atoms with Gasteiger partial charge in [-0.05, 0) is 6.42 Å². The molecule has 0 saturated heterocycles. The highest BCUT2D eigenvalue weighted by molar-refractivity contribution is 7.81. The van der Waals surface area contributed by atoms with Gasteiger partial charge in [-0.25, -0.2) is 0 Å². The van der Waals surface area contributed by atoms with Crippen LogP contribution in [0.5, 0.6) is 0 Å². The van der Waals surface area contributed by atoms with Gasteiger partial charge in [-0.3, -0.25) is 4.79 Å². The minimum atomic E-state index is -0.877. The molecule has 4 nitrogen and oxygen atoms in total. The van der Waals surface area contributed by atoms with Crippen LogP contribution in [0, 0.1) is 0 Å². The van der Waals surface area contributed by atoms with Gasteiger partial charge in [-0.1, -0.05) is 19.8 Å². The van der Waals surface area contributed by atoms with Crippen LogP contribution in [0.25, 0.3) is 0 Å². The van der Waals surface area contributed by atoms with Crippen molar-refractivity contribution in [3.05, 3.63) is 0 Å². The predicted molar refractivity (Wildman–Crippen MR) is 72.3 cm³/mol. The molecule has 0 aliphatic heterocycles. The van der Waals surface area contributed by atoms with E-state index in [9.17, 15) is 4.79 Å². The molecule has 102 valence electrons. The molecule has 0 aromatic rings. The SMILES string of the molecule is CCCCCOC(S)(CC(=O)O)C[N+](C)(C)C. The van der Waals surface area contributed by atoms with Crippen LogP contribution in [0.1, 0.15) is 32.6 Å². The fourth-order valence-electron chi connectivity index (χ4n) is 1.74. The maximum Gasteiger partial charge on any atom is 0.307 e. The number of hydrogen-bond donors (Lipinski definition) is 2. The van der Waals surface area contributed by atoms with E-state index in [2.05, 4.69) is 19.6 Å². The molecule has 0 bridgehead atoms. The summed E-state index contributed by atoms with van der Waals surface area (Å²) >= 11 is 4.44. The number of hydrogen-bond acceptors (Lipinski definition) is 3. The van der Waals surface area contributed by atoms with Gasteiger partial charge in [0.2, 0.25) is 0 Å². The standard InChI is InChI=1S/C12H25NO3S/c1-5-6-7-8-16-12(17,9-11(14)15)10-13(2,3)4/h5-10H2,1-4H3,(H-,14,15,17)/p+1. The lowest BCUT2D eigenvalue weighted by atomic mass is 10.2. The van der Waals surface area contributed by atoms with E-state index in [0.29, 0.717) is 17.6 Å². The van der Waals surface area contributed by atoms with E-state index < -0.39 is 10.9 Å². The van der Waals surface area contributed by atoms with E-state index in [0.717, 1.165) is 19.3 Å². The average molecular weight is 264 g/mol. The molecular formula is C12H26NO3S+. The summed E-state index contributed by atoms with van der Waals surface area (Å²) in [7, 11) is 6.01. The maximum absolute atomic E-state index is 10.9. The van der Waals surface area contributed by atoms with Crippen LogP contribution in [0.4, 0.5) is 0 Å². The Kier molecular flexibility index (Phi) is 7.13. The van der Waals surface area contributed by atoms with Gasteiger partial charge >= 0.3 is 5.97 Å². The zero-order valence-electron chi connectivity index (χ0n) is 11.4. The van der Waals surface area contributed by atoms with E-state index in [1.54, 1.807) is 0 Å². The number of quaternary nitrogens is 1. The maximum atomic E-state index is 10.9. The number of thiol groups is 1. The largest absolute Gasteiger partial charge is 0.481 e. The summed E-state index contributed by atoms with van der Waals surface area (Å²) in [6.45, 7) is 3.26. The van der Waals surface area contributed by atoms with Crippen molar-refractivity contribution in [3.8, 4) is 0 Å². The molecule has 0 spiro atoms. The fraction of sp³-hybridized carbons (Fsp3) is 0.917. The molecule has 1 atom stereocenters. The molecule has 0 rings (SSSR count). The zero-order chi connectivity index (χ0) is 13.5. The Bertz CT molecular complexity index is 240. The first kappa shape index (κ1) is 16.7. The number of likely N-dealkylation sites (N-methyl/N-ethyl adjacent to an activating group) is 1. The number of carboxylic acid groups (broad SMARTS) is 1. The molecule has 5 heteroatoms. The first-order valence-corrected chi connectivity index (χ1v) is 6.52. The third-order valence-corrected chi connectivity index (χ3v) is 2.70. The number of aliphatic carboxylic acids is 1. The predicted octanol–water partition coefficient (Wildman–Crippen LogP) is 2.00. The average Bonchev–Trinajstić information content (AvgIpc) is 2.07. The van der Waals surface area contributed by atoms with E-state index >= 15 is 0 Å². The molecule has 1 N–H and O–H groups in total. The molecule has 0 radical (unpaired) electrons. The van der Waals surface area contributed by atoms with Crippen molar-refractivity contribution in [2.24, 2.45) is 0 Å². The highest BCUT2D eigenvalue weighted by atomic mass is 32.1. The molecule has 17 heavy (non-hydrogen) atoms. The van der Waals surface area contributed by atoms with Gasteiger partial charge in [-0.2, -0.15) is 0 Å². The second-order valence-corrected chi connectivity index (χ2v) is 6.34. The lowest BCUT2D eigenvalue weighted by Crippen LogP contribution is -2.49. The van der Waals surface area contributed by atoms with Crippen LogP contribution in [-0.2, 0) is 9.53 Å². The Labute approximate surface area is 110 Å². The Morgan fingerprint density at radius 3 is 2.35 bits per heavy atom. The molecule has 0 aromatic carbocycles. The van der Waals surface area contributed by atoms with Gasteiger partial charge in [0.15, 0.2) is 4.93 Å². The van der Waals surface area contributed by atoms with Crippen LogP contribution >= 0.6 is 12.6 Å². The summed E-state index contributed by atoms with van der Waals surface area (Å²) in [6.07, 6.45) is 3.10. The van der Waals surface area contributed by atoms with Gasteiger partial charge in [0.1, 0.15) is 6.54 Å². The Morgan fingerprint density at radius 2 is 1.94 bits per heavy atom. The van der Waals surface area contributed by atoms with Gasteiger partial charge < -0.3 is 14.3 Å². The van der Waals surface area contributed by atoms with Crippen LogP contribution in [-0.4, -0.2) is 54.8 Å². The van der Waals surface area contributed by atoms with Crippen molar-refractivity contribution in [1.82, 2.24) is 0 Å². The summed E-state index contributed by atoms with van der Waals surface area (Å²) in [5, 5.41) is 8.91. The lowest BCUT2D eigenvalue weighted by molar-refractivity contribution is -0.874. The molecule has 0 fully saturated rings. The topological polar surface area (TPSA) is 46.5 Å². The van der Waals surface area contributed by atoms with E-state index in [1.165, 1.54) is 0 Å². The highest BCUT2D eigenvalue weighted by Crippen LogP contribution is 2.24. The Hall–Kier alpha value is -0.260. The Balaban J connectivity index is 4.34. The highest BCUT2D eigenvalue weighted by Gasteiger charge is 2.35. The van der Waals surface area contributed by atoms with E-state index in [4.69, 9.17) is 9.84 Å². The molecular weight excluding hydrogens is 238 g/mol. The van der Waals surface area contributed by atoms with Gasteiger partial charge in [0, 0.05) is 6.61 Å². The van der Waals surface area contributed by atoms with Crippen molar-refractivity contribution < 1.29 is 19.1 Å². The lowest BCUT2D eigenvalue weighted by Gasteiger charge is -2.35. The molecule has 0 amide bonds. The molecule has 0 heterocycles. The van der Waals surface area contributed by atoms with Crippen LogP contribution in [0.15, 0.2) is 0 Å². The minimum absolute atomic E-state index is 0.0717. The Morgan fingerprint density at radius 1 is 1.35 bits per heavy atom. The molecule has 0 aliphatic carbocycles. The van der Waals surface area contributed by atoms with Crippen molar-refractivity contribution in [1.29, 1.82) is 0 Å². The van der Waals surface area contributed by atoms with Crippen molar-refractivity contribution in [2.75, 3.05) is 34.3 Å². The summed E-state index contributed by atoms with van der Waals surface area (Å²) in [6, 6.07) is 0. The summed E-state index contributed by atoms with van der Waals surface area (Å²) in [5.41, 5.74) is 0. The van der Waals surface area contributed by atoms with Crippen LogP contribution in [0.2, 0.25) is 0 Å². The zero-order valence-corrected chi connectivity index (χ0v) is 12.3. The number of nitrogens with zero attached hydrogens (tertiary/aromatic N) is 1. The van der Waals surface area contributed by atoms with E-state index in [1.807, 2.05) is 21.1 Å². The fourth-order valence-corrected chi connectivity index (χ4v) is 2.40. The van der Waals surface area contributed by atoms with Crippen molar-refractivity contribution in [2.45, 2.75) is 37.5 Å². The first-order chi connectivity index (χ1) is 7.68. The number of ether oxygens (including phenoxy) is 1. The number of carbonyl (C=O) groups is 1. The van der Waals surface area contributed by atoms with Gasteiger partial charge in [0.25, 0.3) is 0 Å². The quantitative estimate of drug-likeness (QED) is 0.290. The third kappa shape index (κ3) is 9.44. The molecule has 0 aromatic heterocycles. The smallest absolute Gasteiger partial charge is 0.307 e. The van der Waals surface area contributed by atoms with Crippen molar-refractivity contribution in [3.63, 3.8) is 0 Å². The summed E-state index contributed by atoms with van der Waals surface area (Å²) < 4.78 is 6.32. The number of unbranched alkanes of at least 4 members (excludes halogenated alkanes) is 2. The monoisotopic (exact) mass is 264 g/mol. The molecule has 0 saturated carbocycles. The van der Waals surface area contributed by atoms with Gasteiger partial charge in [0.05, 0.1) is 27.6 Å². The summed E-state index contributed by atoms with van der Waals surface area (Å²) in [5.74, 6) is -0.871. The van der Waals surface area contributed by atoms with Gasteiger partial charge in [-0.15, -0.1) is 12.6 Å². The molecule has 0 aliphatic rings. The van der Waals surface area contributed by atoms with Crippen LogP contribution < -0.4 is 0 Å². The van der Waals surface area contributed by atoms with E-state index in [-0.39, 0.29) is 6.42 Å². The second kappa shape index (κ2) is 7.24. The first-order valence-electron chi connectivity index (χ1n) is 6.07. The minimum Gasteiger partial charge on any atom is -0.481 e. The third-order valence-electron chi connectivity index (χ3n) is 2.27. The van der Waals surface area contributed by atoms with Crippen LogP contribution in [0.3, 0.4) is 0 Å².